The van der Waals surface area contributed by atoms with E-state index in [1.54, 1.807) is 0 Å². The number of amides is 1. The van der Waals surface area contributed by atoms with Crippen LogP contribution in [0.25, 0.3) is 0 Å². The summed E-state index contributed by atoms with van der Waals surface area (Å²) in [5.74, 6) is -3.70. The zero-order valence-corrected chi connectivity index (χ0v) is 8.29. The van der Waals surface area contributed by atoms with Gasteiger partial charge < -0.3 is 5.73 Å². The van der Waals surface area contributed by atoms with E-state index in [1.165, 1.54) is 0 Å². The summed E-state index contributed by atoms with van der Waals surface area (Å²) in [4.78, 5) is 10.7. The van der Waals surface area contributed by atoms with Crippen LogP contribution in [0.1, 0.15) is 21.5 Å². The van der Waals surface area contributed by atoms with Crippen LogP contribution in [-0.4, -0.2) is 5.91 Å². The van der Waals surface area contributed by atoms with Crippen molar-refractivity contribution in [1.82, 2.24) is 0 Å². The third-order valence-corrected chi connectivity index (χ3v) is 1.96. The van der Waals surface area contributed by atoms with Crippen molar-refractivity contribution in [2.24, 2.45) is 5.73 Å². The Labute approximate surface area is 95.2 Å². The van der Waals surface area contributed by atoms with Gasteiger partial charge >= 0.3 is 12.4 Å². The van der Waals surface area contributed by atoms with Gasteiger partial charge in [-0.3, -0.25) is 4.79 Å². The highest BCUT2D eigenvalue weighted by molar-refractivity contribution is 5.96. The van der Waals surface area contributed by atoms with Crippen LogP contribution in [-0.2, 0) is 12.4 Å². The predicted octanol–water partition coefficient (Wildman–Crippen LogP) is 2.96. The van der Waals surface area contributed by atoms with E-state index in [0.29, 0.717) is 0 Å². The van der Waals surface area contributed by atoms with E-state index in [2.05, 4.69) is 5.73 Å². The third-order valence-electron chi connectivity index (χ3n) is 1.96. The molecule has 0 saturated heterocycles. The van der Waals surface area contributed by atoms with Gasteiger partial charge in [-0.1, -0.05) is 0 Å². The molecule has 1 rings (SSSR count). The first-order valence-corrected chi connectivity index (χ1v) is 4.22. The lowest BCUT2D eigenvalue weighted by Gasteiger charge is -2.16. The van der Waals surface area contributed by atoms with Gasteiger partial charge in [0.05, 0.1) is 16.7 Å². The number of alkyl halides is 6. The van der Waals surface area contributed by atoms with Crippen LogP contribution in [0.15, 0.2) is 12.1 Å². The molecule has 0 bridgehead atoms. The van der Waals surface area contributed by atoms with E-state index in [4.69, 9.17) is 0 Å². The fraction of sp³-hybridized carbons (Fsp3) is 0.222. The van der Waals surface area contributed by atoms with Crippen LogP contribution in [0.4, 0.5) is 30.7 Å². The zero-order valence-electron chi connectivity index (χ0n) is 8.29. The smallest absolute Gasteiger partial charge is 0.366 e. The van der Waals surface area contributed by atoms with E-state index in [0.717, 1.165) is 0 Å². The summed E-state index contributed by atoms with van der Waals surface area (Å²) in [5, 5.41) is 0. The molecule has 0 aliphatic heterocycles. The fourth-order valence-electron chi connectivity index (χ4n) is 1.32. The second-order valence-electron chi connectivity index (χ2n) is 3.24. The maximum atomic E-state index is 12.8. The molecule has 1 amide bonds. The van der Waals surface area contributed by atoms with Gasteiger partial charge in [0.2, 0.25) is 5.91 Å². The van der Waals surface area contributed by atoms with Crippen LogP contribution >= 0.6 is 0 Å². The zero-order chi connectivity index (χ0) is 14.3. The van der Waals surface area contributed by atoms with Gasteiger partial charge in [0.15, 0.2) is 0 Å². The standard InChI is InChI=1S/C9H4F7NO/c10-3-1-4(8(11,12)13)6(7(17)18)5(2-3)9(14,15)16/h1-2H,(H2,17,18). The summed E-state index contributed by atoms with van der Waals surface area (Å²) in [6, 6.07) is -0.426. The Hall–Kier alpha value is -1.80. The Morgan fingerprint density at radius 1 is 0.944 bits per heavy atom. The number of hydrogen-bond acceptors (Lipinski definition) is 1. The molecule has 0 aliphatic carbocycles. The van der Waals surface area contributed by atoms with Crippen molar-refractivity contribution >= 4 is 5.91 Å². The van der Waals surface area contributed by atoms with Crippen LogP contribution in [0.5, 0.6) is 0 Å². The first-order chi connectivity index (χ1) is 7.94. The van der Waals surface area contributed by atoms with Gasteiger partial charge in [-0.25, -0.2) is 4.39 Å². The van der Waals surface area contributed by atoms with E-state index in [9.17, 15) is 35.5 Å². The first-order valence-electron chi connectivity index (χ1n) is 4.22. The summed E-state index contributed by atoms with van der Waals surface area (Å²) in [6.45, 7) is 0. The topological polar surface area (TPSA) is 43.1 Å². The summed E-state index contributed by atoms with van der Waals surface area (Å²) in [6.07, 6.45) is -10.7. The first kappa shape index (κ1) is 14.3. The number of carbonyl (C=O) groups is 1. The maximum absolute atomic E-state index is 12.8. The molecule has 9 heteroatoms. The molecular weight excluding hydrogens is 271 g/mol. The molecular formula is C9H4F7NO. The highest BCUT2D eigenvalue weighted by atomic mass is 19.4. The van der Waals surface area contributed by atoms with Gasteiger partial charge in [-0.15, -0.1) is 0 Å². The monoisotopic (exact) mass is 275 g/mol. The lowest BCUT2D eigenvalue weighted by atomic mass is 9.99. The molecule has 2 nitrogen and oxygen atoms in total. The number of rotatable bonds is 1. The van der Waals surface area contributed by atoms with Gasteiger partial charge in [0.25, 0.3) is 0 Å². The van der Waals surface area contributed by atoms with Crippen LogP contribution in [0.2, 0.25) is 0 Å². The summed E-state index contributed by atoms with van der Waals surface area (Å²) < 4.78 is 87.3. The fourth-order valence-corrected chi connectivity index (χ4v) is 1.32. The van der Waals surface area contributed by atoms with Crippen molar-refractivity contribution in [2.75, 3.05) is 0 Å². The Kier molecular flexibility index (Phi) is 3.28. The molecule has 0 radical (unpaired) electrons. The Morgan fingerprint density at radius 3 is 1.50 bits per heavy atom. The normalized spacial score (nSPS) is 12.6. The minimum absolute atomic E-state index is 0.213. The molecule has 0 heterocycles. The van der Waals surface area contributed by atoms with Gasteiger partial charge in [0, 0.05) is 0 Å². The molecule has 18 heavy (non-hydrogen) atoms. The number of nitrogens with two attached hydrogens (primary N) is 1. The largest absolute Gasteiger partial charge is 0.417 e. The Morgan fingerprint density at radius 2 is 1.28 bits per heavy atom. The van der Waals surface area contributed by atoms with Crippen LogP contribution < -0.4 is 5.73 Å². The molecule has 0 fully saturated rings. The summed E-state index contributed by atoms with van der Waals surface area (Å²) in [5.41, 5.74) is -1.40. The predicted molar refractivity (Wildman–Crippen MR) is 44.9 cm³/mol. The van der Waals surface area contributed by atoms with Gasteiger partial charge in [0.1, 0.15) is 5.82 Å². The number of hydrogen-bond donors (Lipinski definition) is 1. The third kappa shape index (κ3) is 2.71. The van der Waals surface area contributed by atoms with E-state index in [-0.39, 0.29) is 12.1 Å². The molecule has 0 atom stereocenters. The van der Waals surface area contributed by atoms with Crippen molar-refractivity contribution in [3.8, 4) is 0 Å². The number of carbonyl (C=O) groups excluding carboxylic acids is 1. The minimum Gasteiger partial charge on any atom is -0.366 e. The molecule has 1 aromatic carbocycles. The van der Waals surface area contributed by atoms with E-state index in [1.807, 2.05) is 0 Å². The van der Waals surface area contributed by atoms with Crippen LogP contribution in [0, 0.1) is 5.82 Å². The summed E-state index contributed by atoms with van der Waals surface area (Å²) >= 11 is 0. The molecule has 2 N–H and O–H groups in total. The van der Waals surface area contributed by atoms with E-state index >= 15 is 0 Å². The average molecular weight is 275 g/mol. The lowest BCUT2D eigenvalue weighted by Crippen LogP contribution is -2.24. The second-order valence-corrected chi connectivity index (χ2v) is 3.24. The molecule has 100 valence electrons. The highest BCUT2D eigenvalue weighted by Crippen LogP contribution is 2.39. The quantitative estimate of drug-likeness (QED) is 0.787. The number of primary amides is 1. The molecule has 0 spiro atoms. The number of benzene rings is 1. The number of halogens is 7. The second kappa shape index (κ2) is 4.14. The van der Waals surface area contributed by atoms with Crippen molar-refractivity contribution < 1.29 is 35.5 Å². The lowest BCUT2D eigenvalue weighted by molar-refractivity contribution is -0.144. The van der Waals surface area contributed by atoms with Crippen molar-refractivity contribution in [1.29, 1.82) is 0 Å². The minimum atomic E-state index is -5.33. The molecule has 0 aromatic heterocycles. The van der Waals surface area contributed by atoms with Crippen LogP contribution in [0.3, 0.4) is 0 Å². The Balaban J connectivity index is 3.74. The molecule has 0 aliphatic rings. The van der Waals surface area contributed by atoms with Crippen molar-refractivity contribution in [3.05, 3.63) is 34.6 Å². The molecule has 1 aromatic rings. The van der Waals surface area contributed by atoms with Crippen molar-refractivity contribution in [2.45, 2.75) is 12.4 Å². The maximum Gasteiger partial charge on any atom is 0.417 e. The van der Waals surface area contributed by atoms with E-state index < -0.39 is 40.8 Å². The Bertz CT molecular complexity index is 454. The highest BCUT2D eigenvalue weighted by Gasteiger charge is 2.43. The molecule has 0 saturated carbocycles. The molecule has 0 unspecified atom stereocenters. The van der Waals surface area contributed by atoms with Crippen molar-refractivity contribution in [3.63, 3.8) is 0 Å². The summed E-state index contributed by atoms with van der Waals surface area (Å²) in [7, 11) is 0. The van der Waals surface area contributed by atoms with Gasteiger partial charge in [-0.05, 0) is 12.1 Å². The average Bonchev–Trinajstić information content (AvgIpc) is 2.12. The SMILES string of the molecule is NC(=O)c1c(C(F)(F)F)cc(F)cc1C(F)(F)F. The van der Waals surface area contributed by atoms with Gasteiger partial charge in [-0.2, -0.15) is 26.3 Å².